The molecule has 3 heteroatoms. The Balaban J connectivity index is 2.27. The Bertz CT molecular complexity index is 324. The smallest absolute Gasteiger partial charge is 0.130 e. The summed E-state index contributed by atoms with van der Waals surface area (Å²) in [5.41, 5.74) is 1.35. The van der Waals surface area contributed by atoms with E-state index in [1.807, 2.05) is 19.3 Å². The number of aromatic nitrogens is 1. The minimum absolute atomic E-state index is 0.561. The number of nitrogens with one attached hydrogen (secondary N) is 1. The topological polar surface area (TPSA) is 28.2 Å². The van der Waals surface area contributed by atoms with E-state index in [-0.39, 0.29) is 0 Å². The maximum absolute atomic E-state index is 4.37. The summed E-state index contributed by atoms with van der Waals surface area (Å²) in [6.07, 6.45) is 4.41. The van der Waals surface area contributed by atoms with Crippen LogP contribution in [0, 0.1) is 0 Å². The van der Waals surface area contributed by atoms with Crippen LogP contribution >= 0.6 is 0 Å². The molecule has 0 amide bonds. The van der Waals surface area contributed by atoms with Gasteiger partial charge in [0.05, 0.1) is 0 Å². The van der Waals surface area contributed by atoms with Crippen LogP contribution in [0.5, 0.6) is 0 Å². The van der Waals surface area contributed by atoms with E-state index in [0.29, 0.717) is 6.04 Å². The first-order chi connectivity index (χ1) is 7.36. The van der Waals surface area contributed by atoms with Gasteiger partial charge in [-0.3, -0.25) is 4.90 Å². The van der Waals surface area contributed by atoms with Gasteiger partial charge in [-0.1, -0.05) is 13.0 Å². The Morgan fingerprint density at radius 3 is 3.20 bits per heavy atom. The fraction of sp³-hybridized carbons (Fsp3) is 0.583. The van der Waals surface area contributed by atoms with Gasteiger partial charge < -0.3 is 5.32 Å². The highest BCUT2D eigenvalue weighted by Crippen LogP contribution is 2.34. The molecule has 1 atom stereocenters. The number of likely N-dealkylation sites (tertiary alicyclic amines) is 1. The van der Waals surface area contributed by atoms with E-state index in [1.165, 1.54) is 24.9 Å². The van der Waals surface area contributed by atoms with Crippen molar-refractivity contribution in [2.75, 3.05) is 25.5 Å². The van der Waals surface area contributed by atoms with Crippen LogP contribution in [0.15, 0.2) is 18.3 Å². The van der Waals surface area contributed by atoms with Gasteiger partial charge in [0, 0.05) is 24.8 Å². The van der Waals surface area contributed by atoms with Gasteiger partial charge in [-0.2, -0.15) is 0 Å². The van der Waals surface area contributed by atoms with Crippen molar-refractivity contribution >= 4 is 5.82 Å². The first-order valence-corrected chi connectivity index (χ1v) is 5.73. The zero-order chi connectivity index (χ0) is 10.7. The molecule has 82 valence electrons. The molecule has 1 saturated heterocycles. The minimum atomic E-state index is 0.561. The van der Waals surface area contributed by atoms with Crippen molar-refractivity contribution in [3.05, 3.63) is 23.9 Å². The second-order valence-electron chi connectivity index (χ2n) is 3.98. The molecule has 15 heavy (non-hydrogen) atoms. The predicted molar refractivity (Wildman–Crippen MR) is 63.0 cm³/mol. The second kappa shape index (κ2) is 4.62. The largest absolute Gasteiger partial charge is 0.373 e. The summed E-state index contributed by atoms with van der Waals surface area (Å²) in [7, 11) is 1.94. The number of hydrogen-bond donors (Lipinski definition) is 1. The van der Waals surface area contributed by atoms with Gasteiger partial charge in [-0.15, -0.1) is 0 Å². The molecule has 0 spiro atoms. The Morgan fingerprint density at radius 2 is 2.47 bits per heavy atom. The summed E-state index contributed by atoms with van der Waals surface area (Å²) in [5, 5.41) is 3.18. The third kappa shape index (κ3) is 1.97. The summed E-state index contributed by atoms with van der Waals surface area (Å²) in [5.74, 6) is 1.03. The van der Waals surface area contributed by atoms with Gasteiger partial charge in [0.2, 0.25) is 0 Å². The molecule has 1 aliphatic heterocycles. The number of anilines is 1. The molecule has 0 aliphatic carbocycles. The number of nitrogens with zero attached hydrogens (tertiary/aromatic N) is 2. The maximum atomic E-state index is 4.37. The lowest BCUT2D eigenvalue weighted by Crippen LogP contribution is -2.23. The molecule has 3 nitrogen and oxygen atoms in total. The first kappa shape index (κ1) is 10.4. The van der Waals surface area contributed by atoms with Crippen molar-refractivity contribution in [1.29, 1.82) is 0 Å². The molecular formula is C12H19N3. The van der Waals surface area contributed by atoms with Crippen LogP contribution in [0.4, 0.5) is 5.82 Å². The van der Waals surface area contributed by atoms with E-state index >= 15 is 0 Å². The number of pyridine rings is 1. The van der Waals surface area contributed by atoms with Crippen LogP contribution in [0.2, 0.25) is 0 Å². The molecule has 0 saturated carbocycles. The van der Waals surface area contributed by atoms with E-state index < -0.39 is 0 Å². The molecule has 1 aromatic heterocycles. The fourth-order valence-corrected chi connectivity index (χ4v) is 2.45. The molecule has 0 bridgehead atoms. The molecule has 1 N–H and O–H groups in total. The summed E-state index contributed by atoms with van der Waals surface area (Å²) in [6, 6.07) is 4.78. The van der Waals surface area contributed by atoms with Crippen LogP contribution in [0.3, 0.4) is 0 Å². The summed E-state index contributed by atoms with van der Waals surface area (Å²) < 4.78 is 0. The van der Waals surface area contributed by atoms with Crippen molar-refractivity contribution in [3.8, 4) is 0 Å². The van der Waals surface area contributed by atoms with Crippen molar-refractivity contribution in [1.82, 2.24) is 9.88 Å². The lowest BCUT2D eigenvalue weighted by molar-refractivity contribution is 0.272. The zero-order valence-electron chi connectivity index (χ0n) is 9.53. The molecule has 1 aliphatic rings. The molecular weight excluding hydrogens is 186 g/mol. The highest BCUT2D eigenvalue weighted by molar-refractivity contribution is 5.45. The summed E-state index contributed by atoms with van der Waals surface area (Å²) >= 11 is 0. The van der Waals surface area contributed by atoms with Crippen LogP contribution in [0.1, 0.15) is 31.4 Å². The minimum Gasteiger partial charge on any atom is -0.373 e. The standard InChI is InChI=1S/C12H19N3/c1-3-15-9-5-7-11(15)10-6-4-8-14-12(10)13-2/h4,6,8,11H,3,5,7,9H2,1-2H3,(H,13,14)/t11-/m0/s1. The molecule has 1 aromatic rings. The predicted octanol–water partition coefficient (Wildman–Crippen LogP) is 2.28. The number of hydrogen-bond acceptors (Lipinski definition) is 3. The van der Waals surface area contributed by atoms with E-state index in [9.17, 15) is 0 Å². The molecule has 2 rings (SSSR count). The highest BCUT2D eigenvalue weighted by Gasteiger charge is 2.26. The van der Waals surface area contributed by atoms with Crippen molar-refractivity contribution in [2.24, 2.45) is 0 Å². The van der Waals surface area contributed by atoms with Crippen molar-refractivity contribution < 1.29 is 0 Å². The molecule has 0 radical (unpaired) electrons. The Morgan fingerprint density at radius 1 is 1.60 bits per heavy atom. The molecule has 1 fully saturated rings. The van der Waals surface area contributed by atoms with Gasteiger partial charge in [-0.05, 0) is 32.0 Å². The highest BCUT2D eigenvalue weighted by atomic mass is 15.2. The van der Waals surface area contributed by atoms with E-state index in [1.54, 1.807) is 0 Å². The lowest BCUT2D eigenvalue weighted by atomic mass is 10.1. The SMILES string of the molecule is CCN1CCC[C@H]1c1cccnc1NC. The van der Waals surface area contributed by atoms with Crippen LogP contribution in [-0.2, 0) is 0 Å². The Hall–Kier alpha value is -1.09. The van der Waals surface area contributed by atoms with E-state index in [4.69, 9.17) is 0 Å². The number of rotatable bonds is 3. The zero-order valence-corrected chi connectivity index (χ0v) is 9.53. The summed E-state index contributed by atoms with van der Waals surface area (Å²) in [6.45, 7) is 4.58. The van der Waals surface area contributed by atoms with E-state index in [0.717, 1.165) is 12.4 Å². The lowest BCUT2D eigenvalue weighted by Gasteiger charge is -2.24. The maximum Gasteiger partial charge on any atom is 0.130 e. The third-order valence-corrected chi connectivity index (χ3v) is 3.20. The monoisotopic (exact) mass is 205 g/mol. The average Bonchev–Trinajstić information content (AvgIpc) is 2.76. The first-order valence-electron chi connectivity index (χ1n) is 5.73. The van der Waals surface area contributed by atoms with E-state index in [2.05, 4.69) is 28.2 Å². The Kier molecular flexibility index (Phi) is 3.21. The van der Waals surface area contributed by atoms with Gasteiger partial charge >= 0.3 is 0 Å². The van der Waals surface area contributed by atoms with Crippen molar-refractivity contribution in [2.45, 2.75) is 25.8 Å². The molecule has 0 aromatic carbocycles. The quantitative estimate of drug-likeness (QED) is 0.820. The fourth-order valence-electron chi connectivity index (χ4n) is 2.45. The van der Waals surface area contributed by atoms with Gasteiger partial charge in [0.15, 0.2) is 0 Å². The Labute approximate surface area is 91.5 Å². The molecule has 0 unspecified atom stereocenters. The summed E-state index contributed by atoms with van der Waals surface area (Å²) in [4.78, 5) is 6.90. The molecule has 2 heterocycles. The second-order valence-corrected chi connectivity index (χ2v) is 3.98. The van der Waals surface area contributed by atoms with Gasteiger partial charge in [0.25, 0.3) is 0 Å². The van der Waals surface area contributed by atoms with Crippen molar-refractivity contribution in [3.63, 3.8) is 0 Å². The van der Waals surface area contributed by atoms with Gasteiger partial charge in [0.1, 0.15) is 5.82 Å². The third-order valence-electron chi connectivity index (χ3n) is 3.20. The van der Waals surface area contributed by atoms with Gasteiger partial charge in [-0.25, -0.2) is 4.98 Å². The van der Waals surface area contributed by atoms with Crippen LogP contribution < -0.4 is 5.32 Å². The van der Waals surface area contributed by atoms with Crippen LogP contribution in [0.25, 0.3) is 0 Å². The average molecular weight is 205 g/mol. The van der Waals surface area contributed by atoms with Crippen LogP contribution in [-0.4, -0.2) is 30.0 Å². The normalized spacial score (nSPS) is 21.9.